The molecule has 0 radical (unpaired) electrons. The van der Waals surface area contributed by atoms with Crippen molar-refractivity contribution < 1.29 is 9.53 Å². The lowest BCUT2D eigenvalue weighted by molar-refractivity contribution is 0.0601. The summed E-state index contributed by atoms with van der Waals surface area (Å²) in [5.41, 5.74) is 8.91. The summed E-state index contributed by atoms with van der Waals surface area (Å²) in [6.45, 7) is 4.74. The number of rotatable bonds is 2. The minimum absolute atomic E-state index is 0.360. The van der Waals surface area contributed by atoms with Crippen molar-refractivity contribution in [3.8, 4) is 0 Å². The van der Waals surface area contributed by atoms with Gasteiger partial charge in [-0.15, -0.1) is 0 Å². The van der Waals surface area contributed by atoms with Crippen LogP contribution in [0.5, 0.6) is 0 Å². The molecule has 0 saturated heterocycles. The van der Waals surface area contributed by atoms with E-state index in [0.29, 0.717) is 11.3 Å². The second kappa shape index (κ2) is 4.53. The van der Waals surface area contributed by atoms with E-state index in [-0.39, 0.29) is 5.97 Å². The fourth-order valence-corrected chi connectivity index (χ4v) is 2.09. The highest BCUT2D eigenvalue weighted by Gasteiger charge is 2.20. The van der Waals surface area contributed by atoms with Crippen LogP contribution < -0.4 is 16.0 Å². The van der Waals surface area contributed by atoms with E-state index < -0.39 is 0 Å². The Morgan fingerprint density at radius 2 is 2.35 bits per heavy atom. The van der Waals surface area contributed by atoms with Crippen LogP contribution in [-0.4, -0.2) is 32.7 Å². The van der Waals surface area contributed by atoms with E-state index in [4.69, 9.17) is 10.5 Å². The number of esters is 1. The fraction of sp³-hybridized carbons (Fsp3) is 0.417. The Balaban J connectivity index is 2.49. The van der Waals surface area contributed by atoms with Gasteiger partial charge in [-0.3, -0.25) is 0 Å². The molecule has 3 N–H and O–H groups in total. The van der Waals surface area contributed by atoms with E-state index in [2.05, 4.69) is 17.1 Å². The number of carbonyl (C=O) groups is 1. The standard InChI is InChI=1S/C12H17N3O2/c1-3-15-5-4-14-11-9(13)6-8(7-10(11)15)12(16)17-2/h6-7,14H,3-5,13H2,1-2H3. The Kier molecular flexibility index (Phi) is 3.08. The predicted octanol–water partition coefficient (Wildman–Crippen LogP) is 1.31. The number of likely N-dealkylation sites (N-methyl/N-ethyl adjacent to an activating group) is 1. The molecule has 0 atom stereocenters. The van der Waals surface area contributed by atoms with Crippen LogP contribution in [0.2, 0.25) is 0 Å². The number of hydrogen-bond donors (Lipinski definition) is 2. The molecule has 1 heterocycles. The quantitative estimate of drug-likeness (QED) is 0.597. The number of anilines is 3. The highest BCUT2D eigenvalue weighted by molar-refractivity contribution is 5.96. The van der Waals surface area contributed by atoms with Crippen LogP contribution in [0.4, 0.5) is 17.1 Å². The molecule has 0 spiro atoms. The first-order valence-electron chi connectivity index (χ1n) is 5.68. The summed E-state index contributed by atoms with van der Waals surface area (Å²) in [4.78, 5) is 13.7. The lowest BCUT2D eigenvalue weighted by atomic mass is 10.1. The van der Waals surface area contributed by atoms with Crippen LogP contribution in [0.3, 0.4) is 0 Å². The summed E-state index contributed by atoms with van der Waals surface area (Å²) in [7, 11) is 1.37. The van der Waals surface area contributed by atoms with Crippen LogP contribution in [0.1, 0.15) is 17.3 Å². The van der Waals surface area contributed by atoms with Crippen molar-refractivity contribution in [2.24, 2.45) is 0 Å². The largest absolute Gasteiger partial charge is 0.465 e. The molecule has 0 saturated carbocycles. The fourth-order valence-electron chi connectivity index (χ4n) is 2.09. The summed E-state index contributed by atoms with van der Waals surface area (Å²) in [5, 5.41) is 3.26. The Labute approximate surface area is 101 Å². The number of ether oxygens (including phenoxy) is 1. The van der Waals surface area contributed by atoms with Crippen LogP contribution in [-0.2, 0) is 4.74 Å². The molecule has 5 nitrogen and oxygen atoms in total. The number of hydrogen-bond acceptors (Lipinski definition) is 5. The van der Waals surface area contributed by atoms with Crippen LogP contribution in [0, 0.1) is 0 Å². The third-order valence-corrected chi connectivity index (χ3v) is 2.98. The molecule has 1 aromatic rings. The Bertz CT molecular complexity index is 446. The molecular formula is C12H17N3O2. The normalized spacial score (nSPS) is 13.9. The van der Waals surface area contributed by atoms with Gasteiger partial charge in [0.1, 0.15) is 0 Å². The molecule has 0 fully saturated rings. The van der Waals surface area contributed by atoms with Gasteiger partial charge < -0.3 is 20.7 Å². The van der Waals surface area contributed by atoms with Gasteiger partial charge in [-0.2, -0.15) is 0 Å². The van der Waals surface area contributed by atoms with E-state index >= 15 is 0 Å². The minimum atomic E-state index is -0.360. The van der Waals surface area contributed by atoms with Crippen molar-refractivity contribution >= 4 is 23.0 Å². The lowest BCUT2D eigenvalue weighted by Gasteiger charge is -2.32. The van der Waals surface area contributed by atoms with E-state index in [0.717, 1.165) is 31.0 Å². The van der Waals surface area contributed by atoms with E-state index in [1.807, 2.05) is 6.07 Å². The predicted molar refractivity (Wildman–Crippen MR) is 68.6 cm³/mol. The van der Waals surface area contributed by atoms with Gasteiger partial charge >= 0.3 is 5.97 Å². The molecule has 92 valence electrons. The van der Waals surface area contributed by atoms with E-state index in [9.17, 15) is 4.79 Å². The van der Waals surface area contributed by atoms with Crippen molar-refractivity contribution in [2.45, 2.75) is 6.92 Å². The Morgan fingerprint density at radius 1 is 1.59 bits per heavy atom. The monoisotopic (exact) mass is 235 g/mol. The highest BCUT2D eigenvalue weighted by Crippen LogP contribution is 2.35. The Morgan fingerprint density at radius 3 is 3.00 bits per heavy atom. The smallest absolute Gasteiger partial charge is 0.338 e. The Hall–Kier alpha value is -1.91. The lowest BCUT2D eigenvalue weighted by Crippen LogP contribution is -2.34. The van der Waals surface area contributed by atoms with Gasteiger partial charge in [0.2, 0.25) is 0 Å². The number of nitrogens with one attached hydrogen (secondary N) is 1. The minimum Gasteiger partial charge on any atom is -0.465 e. The van der Waals surface area contributed by atoms with Gasteiger partial charge in [-0.1, -0.05) is 0 Å². The second-order valence-electron chi connectivity index (χ2n) is 3.96. The number of nitrogen functional groups attached to an aromatic ring is 1. The molecule has 1 aliphatic rings. The molecule has 5 heteroatoms. The number of carbonyl (C=O) groups excluding carboxylic acids is 1. The first-order valence-corrected chi connectivity index (χ1v) is 5.68. The maximum absolute atomic E-state index is 11.5. The molecule has 0 amide bonds. The van der Waals surface area contributed by atoms with E-state index in [1.165, 1.54) is 7.11 Å². The summed E-state index contributed by atoms with van der Waals surface area (Å²) >= 11 is 0. The third-order valence-electron chi connectivity index (χ3n) is 2.98. The van der Waals surface area contributed by atoms with Crippen LogP contribution >= 0.6 is 0 Å². The second-order valence-corrected chi connectivity index (χ2v) is 3.96. The number of nitrogens with two attached hydrogens (primary N) is 1. The number of fused-ring (bicyclic) bond motifs is 1. The summed E-state index contributed by atoms with van der Waals surface area (Å²) in [5.74, 6) is -0.360. The summed E-state index contributed by atoms with van der Waals surface area (Å²) in [6, 6.07) is 3.48. The van der Waals surface area contributed by atoms with Crippen molar-refractivity contribution in [3.63, 3.8) is 0 Å². The average Bonchev–Trinajstić information content (AvgIpc) is 2.37. The number of benzene rings is 1. The zero-order valence-electron chi connectivity index (χ0n) is 10.1. The molecule has 0 aliphatic carbocycles. The molecule has 1 aromatic carbocycles. The van der Waals surface area contributed by atoms with Crippen LogP contribution in [0.25, 0.3) is 0 Å². The molecule has 0 aromatic heterocycles. The summed E-state index contributed by atoms with van der Waals surface area (Å²) < 4.78 is 4.72. The highest BCUT2D eigenvalue weighted by atomic mass is 16.5. The van der Waals surface area contributed by atoms with Crippen molar-refractivity contribution in [1.29, 1.82) is 0 Å². The van der Waals surface area contributed by atoms with E-state index in [1.54, 1.807) is 6.07 Å². The topological polar surface area (TPSA) is 67.6 Å². The molecule has 0 unspecified atom stereocenters. The number of nitrogens with zero attached hydrogens (tertiary/aromatic N) is 1. The summed E-state index contributed by atoms with van der Waals surface area (Å²) in [6.07, 6.45) is 0. The van der Waals surface area contributed by atoms with Gasteiger partial charge in [0, 0.05) is 19.6 Å². The zero-order valence-corrected chi connectivity index (χ0v) is 10.1. The molecule has 0 bridgehead atoms. The van der Waals surface area contributed by atoms with Crippen LogP contribution in [0.15, 0.2) is 12.1 Å². The van der Waals surface area contributed by atoms with Crippen molar-refractivity contribution in [2.75, 3.05) is 42.7 Å². The third kappa shape index (κ3) is 2.00. The van der Waals surface area contributed by atoms with Crippen molar-refractivity contribution in [3.05, 3.63) is 17.7 Å². The maximum Gasteiger partial charge on any atom is 0.338 e. The number of methoxy groups -OCH3 is 1. The van der Waals surface area contributed by atoms with Gasteiger partial charge in [-0.05, 0) is 19.1 Å². The molecular weight excluding hydrogens is 218 g/mol. The van der Waals surface area contributed by atoms with Gasteiger partial charge in [0.25, 0.3) is 0 Å². The molecule has 17 heavy (non-hydrogen) atoms. The zero-order chi connectivity index (χ0) is 12.4. The van der Waals surface area contributed by atoms with Gasteiger partial charge in [0.15, 0.2) is 0 Å². The average molecular weight is 235 g/mol. The first-order chi connectivity index (χ1) is 8.17. The molecule has 2 rings (SSSR count). The van der Waals surface area contributed by atoms with Crippen molar-refractivity contribution in [1.82, 2.24) is 0 Å². The van der Waals surface area contributed by atoms with Gasteiger partial charge in [0.05, 0.1) is 29.7 Å². The first kappa shape index (κ1) is 11.6. The maximum atomic E-state index is 11.5. The SMILES string of the molecule is CCN1CCNc2c(N)cc(C(=O)OC)cc21. The van der Waals surface area contributed by atoms with Gasteiger partial charge in [-0.25, -0.2) is 4.79 Å². The molecule has 1 aliphatic heterocycles.